The Balaban J connectivity index is 0.00000200. The fourth-order valence-corrected chi connectivity index (χ4v) is 1.70. The van der Waals surface area contributed by atoms with Crippen LogP contribution in [0.15, 0.2) is 22.7 Å². The molecule has 0 aliphatic rings. The van der Waals surface area contributed by atoms with Gasteiger partial charge in [-0.2, -0.15) is 4.98 Å². The van der Waals surface area contributed by atoms with E-state index in [1.807, 2.05) is 18.2 Å². The molecule has 0 aliphatic carbocycles. The van der Waals surface area contributed by atoms with Crippen molar-refractivity contribution >= 4 is 12.4 Å². The third kappa shape index (κ3) is 3.61. The van der Waals surface area contributed by atoms with Crippen molar-refractivity contribution in [3.63, 3.8) is 0 Å². The third-order valence-electron chi connectivity index (χ3n) is 2.68. The Kier molecular flexibility index (Phi) is 5.79. The quantitative estimate of drug-likeness (QED) is 0.910. The molecule has 0 fully saturated rings. The minimum atomic E-state index is -0.258. The van der Waals surface area contributed by atoms with Crippen LogP contribution < -0.4 is 15.2 Å². The molecule has 1 unspecified atom stereocenters. The number of nitrogens with two attached hydrogens (primary N) is 1. The van der Waals surface area contributed by atoms with Gasteiger partial charge in [0.05, 0.1) is 20.3 Å². The number of rotatable bonds is 5. The van der Waals surface area contributed by atoms with Crippen molar-refractivity contribution in [3.8, 4) is 11.5 Å². The average molecular weight is 300 g/mol. The van der Waals surface area contributed by atoms with E-state index in [0.29, 0.717) is 29.6 Å². The van der Waals surface area contributed by atoms with Crippen LogP contribution in [0.4, 0.5) is 0 Å². The maximum atomic E-state index is 5.67. The van der Waals surface area contributed by atoms with Crippen molar-refractivity contribution in [2.75, 3.05) is 14.2 Å². The van der Waals surface area contributed by atoms with Gasteiger partial charge in [-0.25, -0.2) is 0 Å². The minimum Gasteiger partial charge on any atom is -0.493 e. The lowest BCUT2D eigenvalue weighted by Gasteiger charge is -2.08. The first kappa shape index (κ1) is 16.3. The van der Waals surface area contributed by atoms with E-state index in [9.17, 15) is 0 Å². The zero-order chi connectivity index (χ0) is 13.8. The molecule has 1 aromatic heterocycles. The van der Waals surface area contributed by atoms with Gasteiger partial charge in [0, 0.05) is 6.42 Å². The molecule has 1 atom stereocenters. The number of ether oxygens (including phenoxy) is 2. The molecule has 1 aromatic carbocycles. The maximum Gasteiger partial charge on any atom is 0.243 e. The zero-order valence-electron chi connectivity index (χ0n) is 11.6. The van der Waals surface area contributed by atoms with Crippen molar-refractivity contribution in [1.29, 1.82) is 0 Å². The average Bonchev–Trinajstić information content (AvgIpc) is 2.87. The van der Waals surface area contributed by atoms with Gasteiger partial charge < -0.3 is 19.7 Å². The van der Waals surface area contributed by atoms with Gasteiger partial charge in [0.25, 0.3) is 0 Å². The van der Waals surface area contributed by atoms with E-state index in [1.54, 1.807) is 21.1 Å². The van der Waals surface area contributed by atoms with Crippen LogP contribution in [0.25, 0.3) is 0 Å². The Hall–Kier alpha value is -1.79. The SMILES string of the molecule is COc1ccc(Cc2noc(C(C)N)n2)cc1OC.Cl. The highest BCUT2D eigenvalue weighted by atomic mass is 35.5. The Morgan fingerprint density at radius 3 is 2.50 bits per heavy atom. The van der Waals surface area contributed by atoms with E-state index in [0.717, 1.165) is 5.56 Å². The Morgan fingerprint density at radius 1 is 1.25 bits per heavy atom. The standard InChI is InChI=1S/C13H17N3O3.ClH/c1-8(14)13-15-12(16-19-13)7-9-4-5-10(17-2)11(6-9)18-3;/h4-6,8H,7,14H2,1-3H3;1H. The van der Waals surface area contributed by atoms with E-state index in [4.69, 9.17) is 19.7 Å². The molecule has 0 saturated carbocycles. The topological polar surface area (TPSA) is 83.4 Å². The summed E-state index contributed by atoms with van der Waals surface area (Å²) in [6, 6.07) is 5.41. The van der Waals surface area contributed by atoms with E-state index < -0.39 is 0 Å². The number of hydrogen-bond donors (Lipinski definition) is 1. The highest BCUT2D eigenvalue weighted by Gasteiger charge is 2.12. The fourth-order valence-electron chi connectivity index (χ4n) is 1.70. The third-order valence-corrected chi connectivity index (χ3v) is 2.68. The van der Waals surface area contributed by atoms with Gasteiger partial charge >= 0.3 is 0 Å². The number of nitrogens with zero attached hydrogens (tertiary/aromatic N) is 2. The predicted molar refractivity (Wildman–Crippen MR) is 76.5 cm³/mol. The first-order chi connectivity index (χ1) is 9.13. The summed E-state index contributed by atoms with van der Waals surface area (Å²) >= 11 is 0. The van der Waals surface area contributed by atoms with Crippen LogP contribution in [0.5, 0.6) is 11.5 Å². The summed E-state index contributed by atoms with van der Waals surface area (Å²) in [4.78, 5) is 4.23. The van der Waals surface area contributed by atoms with Gasteiger partial charge in [-0.15, -0.1) is 12.4 Å². The minimum absolute atomic E-state index is 0. The molecule has 0 spiro atoms. The first-order valence-electron chi connectivity index (χ1n) is 5.93. The summed E-state index contributed by atoms with van der Waals surface area (Å²) in [5, 5.41) is 3.89. The smallest absolute Gasteiger partial charge is 0.243 e. The Bertz CT molecular complexity index is 558. The second kappa shape index (κ2) is 7.12. The predicted octanol–water partition coefficient (Wildman–Crippen LogP) is 2.12. The van der Waals surface area contributed by atoms with E-state index in [2.05, 4.69) is 10.1 Å². The molecule has 2 rings (SSSR count). The molecule has 20 heavy (non-hydrogen) atoms. The molecule has 110 valence electrons. The molecule has 0 amide bonds. The second-order valence-corrected chi connectivity index (χ2v) is 4.20. The van der Waals surface area contributed by atoms with Gasteiger partial charge in [0.1, 0.15) is 0 Å². The number of methoxy groups -OCH3 is 2. The summed E-state index contributed by atoms with van der Waals surface area (Å²) < 4.78 is 15.5. The van der Waals surface area contributed by atoms with Crippen LogP contribution in [-0.2, 0) is 6.42 Å². The number of aromatic nitrogens is 2. The van der Waals surface area contributed by atoms with Crippen molar-refractivity contribution < 1.29 is 14.0 Å². The Morgan fingerprint density at radius 2 is 1.95 bits per heavy atom. The number of hydrogen-bond acceptors (Lipinski definition) is 6. The van der Waals surface area contributed by atoms with Crippen molar-refractivity contribution in [2.24, 2.45) is 5.73 Å². The highest BCUT2D eigenvalue weighted by Crippen LogP contribution is 2.28. The Labute approximate surface area is 123 Å². The van der Waals surface area contributed by atoms with E-state index >= 15 is 0 Å². The van der Waals surface area contributed by atoms with Crippen LogP contribution in [0.2, 0.25) is 0 Å². The summed E-state index contributed by atoms with van der Waals surface area (Å²) in [7, 11) is 3.20. The number of halogens is 1. The number of benzene rings is 1. The normalized spacial score (nSPS) is 11.6. The summed E-state index contributed by atoms with van der Waals surface area (Å²) in [5.41, 5.74) is 6.68. The maximum absolute atomic E-state index is 5.67. The summed E-state index contributed by atoms with van der Waals surface area (Å²) in [6.07, 6.45) is 0.552. The molecule has 7 heteroatoms. The van der Waals surface area contributed by atoms with Crippen LogP contribution >= 0.6 is 12.4 Å². The van der Waals surface area contributed by atoms with Gasteiger partial charge in [-0.1, -0.05) is 11.2 Å². The molecule has 1 heterocycles. The lowest BCUT2D eigenvalue weighted by Crippen LogP contribution is -2.05. The summed E-state index contributed by atoms with van der Waals surface area (Å²) in [5.74, 6) is 2.40. The van der Waals surface area contributed by atoms with Gasteiger partial charge in [-0.3, -0.25) is 0 Å². The largest absolute Gasteiger partial charge is 0.493 e. The lowest BCUT2D eigenvalue weighted by molar-refractivity contribution is 0.354. The molecule has 0 saturated heterocycles. The fraction of sp³-hybridized carbons (Fsp3) is 0.385. The molecule has 0 bridgehead atoms. The van der Waals surface area contributed by atoms with E-state index in [-0.39, 0.29) is 18.4 Å². The molecular weight excluding hydrogens is 282 g/mol. The molecular formula is C13H18ClN3O3. The van der Waals surface area contributed by atoms with E-state index in [1.165, 1.54) is 0 Å². The molecule has 2 aromatic rings. The van der Waals surface area contributed by atoms with Crippen LogP contribution in [0.3, 0.4) is 0 Å². The van der Waals surface area contributed by atoms with Crippen molar-refractivity contribution in [3.05, 3.63) is 35.5 Å². The molecule has 6 nitrogen and oxygen atoms in total. The van der Waals surface area contributed by atoms with Gasteiger partial charge in [0.15, 0.2) is 17.3 Å². The van der Waals surface area contributed by atoms with Crippen molar-refractivity contribution in [1.82, 2.24) is 10.1 Å². The van der Waals surface area contributed by atoms with Crippen LogP contribution in [-0.4, -0.2) is 24.4 Å². The van der Waals surface area contributed by atoms with Crippen LogP contribution in [0, 0.1) is 0 Å². The van der Waals surface area contributed by atoms with Gasteiger partial charge in [-0.05, 0) is 24.6 Å². The lowest BCUT2D eigenvalue weighted by atomic mass is 10.1. The summed E-state index contributed by atoms with van der Waals surface area (Å²) in [6.45, 7) is 1.80. The zero-order valence-corrected chi connectivity index (χ0v) is 12.4. The van der Waals surface area contributed by atoms with Crippen molar-refractivity contribution in [2.45, 2.75) is 19.4 Å². The molecule has 2 N–H and O–H groups in total. The first-order valence-corrected chi connectivity index (χ1v) is 5.93. The second-order valence-electron chi connectivity index (χ2n) is 4.20. The monoisotopic (exact) mass is 299 g/mol. The van der Waals surface area contributed by atoms with Gasteiger partial charge in [0.2, 0.25) is 5.89 Å². The highest BCUT2D eigenvalue weighted by molar-refractivity contribution is 5.85. The van der Waals surface area contributed by atoms with Crippen LogP contribution in [0.1, 0.15) is 30.2 Å². The molecule has 0 aliphatic heterocycles. The molecule has 0 radical (unpaired) electrons.